The van der Waals surface area contributed by atoms with Crippen LogP contribution in [0.4, 0.5) is 0 Å². The van der Waals surface area contributed by atoms with Crippen molar-refractivity contribution in [1.82, 2.24) is 4.98 Å². The van der Waals surface area contributed by atoms with E-state index in [1.807, 2.05) is 60.7 Å². The second kappa shape index (κ2) is 6.01. The quantitative estimate of drug-likeness (QED) is 0.728. The molecule has 102 valence electrons. The molecule has 0 unspecified atom stereocenters. The first-order valence-electron chi connectivity index (χ1n) is 6.61. The van der Waals surface area contributed by atoms with Crippen LogP contribution in [-0.2, 0) is 0 Å². The first-order valence-corrected chi connectivity index (χ1v) is 6.61. The molecule has 0 N–H and O–H groups in total. The molecule has 0 fully saturated rings. The fraction of sp³-hybridized carbons (Fsp3) is 0. The van der Waals surface area contributed by atoms with Gasteiger partial charge in [-0.3, -0.25) is 4.98 Å². The summed E-state index contributed by atoms with van der Waals surface area (Å²) < 4.78 is 5.36. The van der Waals surface area contributed by atoms with Crippen LogP contribution < -0.4 is 5.63 Å². The Bertz CT molecular complexity index is 805. The molecular formula is C18H13NO2. The van der Waals surface area contributed by atoms with Gasteiger partial charge in [-0.1, -0.05) is 36.4 Å². The van der Waals surface area contributed by atoms with E-state index >= 15 is 0 Å². The Balaban J connectivity index is 2.03. The molecule has 0 atom stereocenters. The van der Waals surface area contributed by atoms with Gasteiger partial charge < -0.3 is 4.42 Å². The summed E-state index contributed by atoms with van der Waals surface area (Å²) in [6.07, 6.45) is 5.53. The summed E-state index contributed by atoms with van der Waals surface area (Å²) in [4.78, 5) is 15.7. The number of hydrogen-bond donors (Lipinski definition) is 0. The number of hydrogen-bond acceptors (Lipinski definition) is 3. The van der Waals surface area contributed by atoms with Gasteiger partial charge in [0.25, 0.3) is 0 Å². The Morgan fingerprint density at radius 1 is 0.857 bits per heavy atom. The lowest BCUT2D eigenvalue weighted by Gasteiger charge is -2.03. The van der Waals surface area contributed by atoms with Gasteiger partial charge in [0.2, 0.25) is 0 Å². The minimum Gasteiger partial charge on any atom is -0.422 e. The van der Waals surface area contributed by atoms with E-state index in [1.165, 1.54) is 6.07 Å². The third-order valence-corrected chi connectivity index (χ3v) is 3.02. The average Bonchev–Trinajstić information content (AvgIpc) is 2.55. The van der Waals surface area contributed by atoms with E-state index in [-0.39, 0.29) is 5.63 Å². The number of aromatic nitrogens is 1. The molecule has 3 aromatic rings. The number of rotatable bonds is 3. The second-order valence-electron chi connectivity index (χ2n) is 4.49. The fourth-order valence-electron chi connectivity index (χ4n) is 2.02. The monoisotopic (exact) mass is 275 g/mol. The van der Waals surface area contributed by atoms with Gasteiger partial charge in [0.1, 0.15) is 5.76 Å². The number of pyridine rings is 1. The molecule has 1 aromatic carbocycles. The molecule has 0 spiro atoms. The third-order valence-electron chi connectivity index (χ3n) is 3.02. The zero-order chi connectivity index (χ0) is 14.5. The lowest BCUT2D eigenvalue weighted by molar-refractivity contribution is 0.525. The maximum atomic E-state index is 11.5. The van der Waals surface area contributed by atoms with Gasteiger partial charge >= 0.3 is 5.63 Å². The lowest BCUT2D eigenvalue weighted by atomic mass is 10.1. The van der Waals surface area contributed by atoms with E-state index in [1.54, 1.807) is 12.3 Å². The third kappa shape index (κ3) is 3.15. The summed E-state index contributed by atoms with van der Waals surface area (Å²) in [5, 5.41) is 0. The maximum Gasteiger partial charge on any atom is 0.336 e. The largest absolute Gasteiger partial charge is 0.422 e. The van der Waals surface area contributed by atoms with Gasteiger partial charge in [0, 0.05) is 23.4 Å². The molecule has 0 aliphatic rings. The van der Waals surface area contributed by atoms with E-state index in [0.717, 1.165) is 16.8 Å². The molecule has 3 nitrogen and oxygen atoms in total. The highest BCUT2D eigenvalue weighted by Crippen LogP contribution is 2.23. The van der Waals surface area contributed by atoms with Crippen molar-refractivity contribution >= 4 is 12.2 Å². The molecule has 0 saturated heterocycles. The predicted octanol–water partition coefficient (Wildman–Crippen LogP) is 3.87. The van der Waals surface area contributed by atoms with Crippen molar-refractivity contribution in [3.05, 3.63) is 88.5 Å². The molecule has 2 heterocycles. The van der Waals surface area contributed by atoms with Crippen LogP contribution in [0, 0.1) is 0 Å². The van der Waals surface area contributed by atoms with Crippen LogP contribution in [0.15, 0.2) is 76.1 Å². The minimum atomic E-state index is -0.358. The van der Waals surface area contributed by atoms with Crippen LogP contribution in [0.25, 0.3) is 23.5 Å². The predicted molar refractivity (Wildman–Crippen MR) is 83.6 cm³/mol. The molecule has 0 radical (unpaired) electrons. The number of nitrogens with zero attached hydrogens (tertiary/aromatic N) is 1. The van der Waals surface area contributed by atoms with Gasteiger partial charge in [-0.15, -0.1) is 0 Å². The fourth-order valence-corrected chi connectivity index (χ4v) is 2.02. The van der Waals surface area contributed by atoms with Crippen molar-refractivity contribution in [3.63, 3.8) is 0 Å². The van der Waals surface area contributed by atoms with Gasteiger partial charge in [0.15, 0.2) is 0 Å². The highest BCUT2D eigenvalue weighted by molar-refractivity contribution is 5.76. The van der Waals surface area contributed by atoms with Crippen molar-refractivity contribution < 1.29 is 4.42 Å². The Labute approximate surface area is 122 Å². The van der Waals surface area contributed by atoms with E-state index in [2.05, 4.69) is 4.98 Å². The first kappa shape index (κ1) is 13.1. The SMILES string of the molecule is O=c1ccc(/C=C/c2ccccn2)c(-c2ccccc2)o1. The molecule has 0 aliphatic heterocycles. The normalized spacial score (nSPS) is 10.9. The van der Waals surface area contributed by atoms with Crippen LogP contribution in [0.3, 0.4) is 0 Å². The Morgan fingerprint density at radius 2 is 1.67 bits per heavy atom. The highest BCUT2D eigenvalue weighted by atomic mass is 16.4. The minimum absolute atomic E-state index is 0.358. The van der Waals surface area contributed by atoms with E-state index in [9.17, 15) is 4.79 Å². The van der Waals surface area contributed by atoms with Crippen LogP contribution in [0.1, 0.15) is 11.3 Å². The van der Waals surface area contributed by atoms with Crippen molar-refractivity contribution in [3.8, 4) is 11.3 Å². The molecule has 3 heteroatoms. The van der Waals surface area contributed by atoms with Crippen LogP contribution >= 0.6 is 0 Å². The summed E-state index contributed by atoms with van der Waals surface area (Å²) in [5.41, 5.74) is 2.20. The molecule has 3 rings (SSSR count). The zero-order valence-electron chi connectivity index (χ0n) is 11.3. The molecule has 0 bridgehead atoms. The molecular weight excluding hydrogens is 262 g/mol. The van der Waals surface area contributed by atoms with E-state index in [4.69, 9.17) is 4.42 Å². The van der Waals surface area contributed by atoms with Crippen molar-refractivity contribution in [2.45, 2.75) is 0 Å². The topological polar surface area (TPSA) is 43.1 Å². The molecule has 0 amide bonds. The zero-order valence-corrected chi connectivity index (χ0v) is 11.3. The number of benzene rings is 1. The molecule has 2 aromatic heterocycles. The highest BCUT2D eigenvalue weighted by Gasteiger charge is 2.06. The molecule has 0 aliphatic carbocycles. The Morgan fingerprint density at radius 3 is 2.43 bits per heavy atom. The van der Waals surface area contributed by atoms with E-state index < -0.39 is 0 Å². The lowest BCUT2D eigenvalue weighted by Crippen LogP contribution is -1.98. The summed E-state index contributed by atoms with van der Waals surface area (Å²) in [6, 6.07) is 18.5. The van der Waals surface area contributed by atoms with Gasteiger partial charge in [-0.2, -0.15) is 0 Å². The standard InChI is InChI=1S/C18H13NO2/c20-17-12-10-15(9-11-16-8-4-5-13-19-16)18(21-17)14-6-2-1-3-7-14/h1-13H/b11-9+. The second-order valence-corrected chi connectivity index (χ2v) is 4.49. The van der Waals surface area contributed by atoms with E-state index in [0.29, 0.717) is 5.76 Å². The smallest absolute Gasteiger partial charge is 0.336 e. The summed E-state index contributed by atoms with van der Waals surface area (Å²) in [5.74, 6) is 0.565. The van der Waals surface area contributed by atoms with Gasteiger partial charge in [-0.25, -0.2) is 4.79 Å². The molecule has 21 heavy (non-hydrogen) atoms. The maximum absolute atomic E-state index is 11.5. The average molecular weight is 275 g/mol. The van der Waals surface area contributed by atoms with Crippen molar-refractivity contribution in [2.75, 3.05) is 0 Å². The Kier molecular flexibility index (Phi) is 3.74. The van der Waals surface area contributed by atoms with Gasteiger partial charge in [-0.05, 0) is 30.4 Å². The summed E-state index contributed by atoms with van der Waals surface area (Å²) >= 11 is 0. The van der Waals surface area contributed by atoms with Crippen LogP contribution in [0.5, 0.6) is 0 Å². The van der Waals surface area contributed by atoms with Crippen molar-refractivity contribution in [2.24, 2.45) is 0 Å². The van der Waals surface area contributed by atoms with Gasteiger partial charge in [0.05, 0.1) is 5.69 Å². The molecule has 0 saturated carbocycles. The van der Waals surface area contributed by atoms with Crippen molar-refractivity contribution in [1.29, 1.82) is 0 Å². The summed E-state index contributed by atoms with van der Waals surface area (Å²) in [7, 11) is 0. The van der Waals surface area contributed by atoms with Crippen LogP contribution in [0.2, 0.25) is 0 Å². The van der Waals surface area contributed by atoms with Crippen LogP contribution in [-0.4, -0.2) is 4.98 Å². The summed E-state index contributed by atoms with van der Waals surface area (Å²) in [6.45, 7) is 0. The Hall–Kier alpha value is -2.94. The first-order chi connectivity index (χ1) is 10.3.